The lowest BCUT2D eigenvalue weighted by Gasteiger charge is -2.27. The fourth-order valence-electron chi connectivity index (χ4n) is 6.68. The molecule has 7 rings (SSSR count). The second-order valence-corrected chi connectivity index (χ2v) is 9.54. The number of pyridine rings is 1. The van der Waals surface area contributed by atoms with E-state index in [2.05, 4.69) is 15.0 Å². The van der Waals surface area contributed by atoms with Crippen molar-refractivity contribution >= 4 is 5.82 Å². The number of ether oxygens (including phenoxy) is 1. The van der Waals surface area contributed by atoms with Gasteiger partial charge in [0.2, 0.25) is 0 Å². The third-order valence-corrected chi connectivity index (χ3v) is 8.01. The number of aromatic nitrogens is 3. The Morgan fingerprint density at radius 3 is 2.73 bits per heavy atom. The molecule has 0 amide bonds. The molecule has 4 aliphatic carbocycles. The van der Waals surface area contributed by atoms with E-state index in [0.717, 1.165) is 44.3 Å². The molecule has 5 fully saturated rings. The molecule has 6 nitrogen and oxygen atoms in total. The summed E-state index contributed by atoms with van der Waals surface area (Å²) in [5.74, 6) is 0.636. The van der Waals surface area contributed by atoms with Crippen LogP contribution in [0.2, 0.25) is 0 Å². The van der Waals surface area contributed by atoms with Crippen LogP contribution in [0.3, 0.4) is 0 Å². The summed E-state index contributed by atoms with van der Waals surface area (Å²) in [7, 11) is 0. The molecule has 4 saturated carbocycles. The summed E-state index contributed by atoms with van der Waals surface area (Å²) in [6, 6.07) is 2.98. The van der Waals surface area contributed by atoms with Crippen LogP contribution in [0.1, 0.15) is 24.1 Å². The number of alkyl halides is 5. The fraction of sp³-hybridized carbons (Fsp3) is 0.636. The Balaban J connectivity index is 1.33. The molecule has 1 saturated heterocycles. The summed E-state index contributed by atoms with van der Waals surface area (Å²) < 4.78 is 73.5. The van der Waals surface area contributed by atoms with Gasteiger partial charge in [-0.15, -0.1) is 0 Å². The lowest BCUT2D eigenvalue weighted by Crippen LogP contribution is -2.37. The zero-order chi connectivity index (χ0) is 23.1. The molecular weight excluding hydrogens is 445 g/mol. The first-order valence-corrected chi connectivity index (χ1v) is 11.2. The smallest absolute Gasteiger partial charge is 0.383 e. The first-order valence-electron chi connectivity index (χ1n) is 11.2. The van der Waals surface area contributed by atoms with Crippen molar-refractivity contribution < 1.29 is 26.7 Å². The number of hydrogen-bond donors (Lipinski definition) is 1. The predicted molar refractivity (Wildman–Crippen MR) is 108 cm³/mol. The molecule has 178 valence electrons. The summed E-state index contributed by atoms with van der Waals surface area (Å²) in [4.78, 5) is 6.14. The molecule has 2 N–H and O–H groups in total. The van der Waals surface area contributed by atoms with Gasteiger partial charge in [-0.1, -0.05) is 0 Å². The Bertz CT molecular complexity index is 1070. The second kappa shape index (κ2) is 7.11. The quantitative estimate of drug-likeness (QED) is 0.680. The number of nitrogen functional groups attached to an aromatic ring is 1. The topological polar surface area (TPSA) is 69.2 Å². The second-order valence-electron chi connectivity index (χ2n) is 9.54. The van der Waals surface area contributed by atoms with Crippen LogP contribution >= 0.6 is 0 Å². The number of nitrogens with two attached hydrogens (primary N) is 1. The minimum Gasteiger partial charge on any atom is -0.383 e. The van der Waals surface area contributed by atoms with E-state index in [1.54, 1.807) is 6.07 Å². The summed E-state index contributed by atoms with van der Waals surface area (Å²) in [5, 5.41) is 4.31. The van der Waals surface area contributed by atoms with E-state index in [-0.39, 0.29) is 16.7 Å². The van der Waals surface area contributed by atoms with Crippen molar-refractivity contribution in [1.29, 1.82) is 0 Å². The van der Waals surface area contributed by atoms with Gasteiger partial charge in [-0.3, -0.25) is 9.58 Å². The molecule has 11 heteroatoms. The maximum Gasteiger partial charge on any atom is 0.419 e. The molecule has 5 atom stereocenters. The number of rotatable bonds is 5. The summed E-state index contributed by atoms with van der Waals surface area (Å²) >= 11 is 0. The Labute approximate surface area is 186 Å². The van der Waals surface area contributed by atoms with Gasteiger partial charge >= 0.3 is 6.18 Å². The van der Waals surface area contributed by atoms with Crippen LogP contribution in [0.4, 0.5) is 27.8 Å². The van der Waals surface area contributed by atoms with E-state index in [1.165, 1.54) is 10.9 Å². The third kappa shape index (κ3) is 3.11. The zero-order valence-corrected chi connectivity index (χ0v) is 17.7. The van der Waals surface area contributed by atoms with Crippen LogP contribution in [-0.2, 0) is 22.9 Å². The van der Waals surface area contributed by atoms with E-state index >= 15 is 0 Å². The highest BCUT2D eigenvalue weighted by molar-refractivity contribution is 5.65. The molecular formula is C22H24F5N5O. The molecule has 0 aromatic carbocycles. The maximum absolute atomic E-state index is 13.4. The molecule has 2 aromatic heterocycles. The lowest BCUT2D eigenvalue weighted by atomic mass is 10.00. The van der Waals surface area contributed by atoms with Crippen molar-refractivity contribution in [2.75, 3.05) is 32.0 Å². The number of nitrogens with zero attached hydrogens (tertiary/aromatic N) is 4. The Morgan fingerprint density at radius 1 is 1.18 bits per heavy atom. The molecule has 0 radical (unpaired) electrons. The standard InChI is InChI=1S/C22H24F5N5O/c23-17(24)10-32-16(8-14(30-32)11-6-13(22(25,26)27)20(28)29-9-11)21-12-7-15(19(21)18(12)21)31-2-1-4-33-5-3-31/h6,8-9,12,15,17-19H,1-5,7,10H2,(H2,28,29)/t12-,15?,18-,19?,21-/m1/s1. The largest absolute Gasteiger partial charge is 0.419 e. The number of hydrogen-bond acceptors (Lipinski definition) is 5. The minimum absolute atomic E-state index is 0.119. The highest BCUT2D eigenvalue weighted by Gasteiger charge is 2.93. The number of halogens is 5. The number of anilines is 1. The average molecular weight is 469 g/mol. The van der Waals surface area contributed by atoms with Crippen LogP contribution in [0, 0.1) is 17.8 Å². The zero-order valence-electron chi connectivity index (χ0n) is 17.7. The molecule has 3 heterocycles. The Morgan fingerprint density at radius 2 is 2.00 bits per heavy atom. The van der Waals surface area contributed by atoms with Gasteiger partial charge in [-0.05, 0) is 42.7 Å². The first kappa shape index (κ1) is 21.3. The van der Waals surface area contributed by atoms with Crippen LogP contribution in [0.15, 0.2) is 18.3 Å². The normalized spacial score (nSPS) is 33.3. The molecule has 0 spiro atoms. The van der Waals surface area contributed by atoms with Crippen LogP contribution in [0.25, 0.3) is 11.3 Å². The maximum atomic E-state index is 13.4. The minimum atomic E-state index is -4.67. The highest BCUT2D eigenvalue weighted by atomic mass is 19.4. The van der Waals surface area contributed by atoms with Crippen molar-refractivity contribution in [2.45, 2.75) is 43.4 Å². The van der Waals surface area contributed by atoms with Crippen LogP contribution in [0.5, 0.6) is 0 Å². The number of fused-ring (bicyclic) bond motifs is 1. The first-order chi connectivity index (χ1) is 15.7. The Hall–Kier alpha value is -2.27. The van der Waals surface area contributed by atoms with Gasteiger partial charge in [-0.2, -0.15) is 18.3 Å². The molecule has 2 aromatic rings. The van der Waals surface area contributed by atoms with Gasteiger partial charge in [-0.25, -0.2) is 13.8 Å². The molecule has 2 unspecified atom stereocenters. The van der Waals surface area contributed by atoms with Gasteiger partial charge in [0.25, 0.3) is 6.43 Å². The van der Waals surface area contributed by atoms with Crippen molar-refractivity contribution in [2.24, 2.45) is 17.8 Å². The highest BCUT2D eigenvalue weighted by Crippen LogP contribution is 2.91. The Kier molecular flexibility index (Phi) is 4.59. The van der Waals surface area contributed by atoms with E-state index in [0.29, 0.717) is 30.4 Å². The van der Waals surface area contributed by atoms with E-state index in [9.17, 15) is 22.0 Å². The molecule has 1 aliphatic heterocycles. The van der Waals surface area contributed by atoms with Crippen LogP contribution < -0.4 is 5.73 Å². The summed E-state index contributed by atoms with van der Waals surface area (Å²) in [5.41, 5.74) is 5.24. The van der Waals surface area contributed by atoms with E-state index in [1.807, 2.05) is 0 Å². The van der Waals surface area contributed by atoms with Crippen molar-refractivity contribution in [1.82, 2.24) is 19.7 Å². The summed E-state index contributed by atoms with van der Waals surface area (Å²) in [6.07, 6.45) is -4.07. The van der Waals surface area contributed by atoms with Gasteiger partial charge in [0.15, 0.2) is 0 Å². The SMILES string of the molecule is Nc1ncc(-c2cc([C@]34C5C(N6CCCOCC6)C[C@@H]3[C@H]54)n(CC(F)F)n2)cc1C(F)(F)F. The monoisotopic (exact) mass is 469 g/mol. The molecule has 2 bridgehead atoms. The average Bonchev–Trinajstić information content (AvgIpc) is 3.42. The van der Waals surface area contributed by atoms with E-state index < -0.39 is 30.5 Å². The van der Waals surface area contributed by atoms with Gasteiger partial charge < -0.3 is 10.5 Å². The molecule has 33 heavy (non-hydrogen) atoms. The van der Waals surface area contributed by atoms with Crippen LogP contribution in [-0.4, -0.2) is 58.4 Å². The van der Waals surface area contributed by atoms with Crippen molar-refractivity contribution in [3.63, 3.8) is 0 Å². The fourth-order valence-corrected chi connectivity index (χ4v) is 6.68. The third-order valence-electron chi connectivity index (χ3n) is 8.01. The van der Waals surface area contributed by atoms with Crippen molar-refractivity contribution in [3.8, 4) is 11.3 Å². The van der Waals surface area contributed by atoms with Crippen molar-refractivity contribution in [3.05, 3.63) is 29.6 Å². The summed E-state index contributed by atoms with van der Waals surface area (Å²) in [6.45, 7) is 2.71. The van der Waals surface area contributed by atoms with Gasteiger partial charge in [0.05, 0.1) is 17.9 Å². The molecule has 5 aliphatic rings. The van der Waals surface area contributed by atoms with Gasteiger partial charge in [0.1, 0.15) is 12.4 Å². The lowest BCUT2D eigenvalue weighted by molar-refractivity contribution is -0.137. The van der Waals surface area contributed by atoms with E-state index in [4.69, 9.17) is 10.5 Å². The van der Waals surface area contributed by atoms with Gasteiger partial charge in [0, 0.05) is 48.6 Å². The predicted octanol–water partition coefficient (Wildman–Crippen LogP) is 3.42.